The van der Waals surface area contributed by atoms with Crippen LogP contribution in [0.5, 0.6) is 0 Å². The van der Waals surface area contributed by atoms with Crippen LogP contribution in [0.1, 0.15) is 24.6 Å². The summed E-state index contributed by atoms with van der Waals surface area (Å²) in [5, 5.41) is 6.95. The second kappa shape index (κ2) is 3.42. The minimum Gasteiger partial charge on any atom is -0.346 e. The third-order valence-electron chi connectivity index (χ3n) is 2.63. The number of carbonyl (C=O) groups excluding carboxylic acids is 1. The summed E-state index contributed by atoms with van der Waals surface area (Å²) < 4.78 is 1.75. The Morgan fingerprint density at radius 1 is 1.71 bits per heavy atom. The van der Waals surface area contributed by atoms with E-state index in [1.54, 1.807) is 10.9 Å². The summed E-state index contributed by atoms with van der Waals surface area (Å²) in [6.45, 7) is 0. The molecule has 0 unspecified atom stereocenters. The fourth-order valence-corrected chi connectivity index (χ4v) is 1.80. The third kappa shape index (κ3) is 1.50. The Balaban J connectivity index is 2.24. The molecule has 0 aromatic carbocycles. The predicted octanol–water partition coefficient (Wildman–Crippen LogP) is -0.302. The molecule has 5 nitrogen and oxygen atoms in total. The topological polar surface area (TPSA) is 72.9 Å². The molecule has 0 aliphatic carbocycles. The molecule has 1 amide bonds. The summed E-state index contributed by atoms with van der Waals surface area (Å²) in [6.07, 6.45) is 2.97. The lowest BCUT2D eigenvalue weighted by molar-refractivity contribution is -0.123. The van der Waals surface area contributed by atoms with E-state index in [4.69, 9.17) is 5.73 Å². The number of aryl methyl sites for hydroxylation is 1. The number of hydrogen-bond acceptors (Lipinski definition) is 3. The first kappa shape index (κ1) is 9.21. The first-order chi connectivity index (χ1) is 6.68. The van der Waals surface area contributed by atoms with Gasteiger partial charge in [-0.1, -0.05) is 0 Å². The summed E-state index contributed by atoms with van der Waals surface area (Å²) >= 11 is 0. The van der Waals surface area contributed by atoms with Crippen molar-refractivity contribution in [3.05, 3.63) is 18.0 Å². The number of hydrogen-bond donors (Lipinski definition) is 2. The Morgan fingerprint density at radius 3 is 3.14 bits per heavy atom. The number of nitrogens with two attached hydrogens (primary N) is 1. The molecule has 76 valence electrons. The quantitative estimate of drug-likeness (QED) is 0.644. The maximum Gasteiger partial charge on any atom is 0.220 e. The normalized spacial score (nSPS) is 27.4. The average molecular weight is 194 g/mol. The van der Waals surface area contributed by atoms with E-state index in [0.29, 0.717) is 6.42 Å². The number of carbonyl (C=O) groups is 1. The fraction of sp³-hybridized carbons (Fsp3) is 0.556. The van der Waals surface area contributed by atoms with Gasteiger partial charge in [-0.25, -0.2) is 0 Å². The van der Waals surface area contributed by atoms with Crippen LogP contribution in [0.4, 0.5) is 0 Å². The molecule has 2 atom stereocenters. The van der Waals surface area contributed by atoms with Crippen LogP contribution in [0.15, 0.2) is 12.3 Å². The van der Waals surface area contributed by atoms with Crippen LogP contribution >= 0.6 is 0 Å². The van der Waals surface area contributed by atoms with E-state index in [-0.39, 0.29) is 18.0 Å². The molecular formula is C9H14N4O. The molecule has 2 rings (SSSR count). The van der Waals surface area contributed by atoms with Crippen LogP contribution in [0.2, 0.25) is 0 Å². The minimum atomic E-state index is -0.0938. The molecule has 3 N–H and O–H groups in total. The van der Waals surface area contributed by atoms with Crippen molar-refractivity contribution in [2.24, 2.45) is 12.8 Å². The molecule has 0 spiro atoms. The lowest BCUT2D eigenvalue weighted by atomic mass is 9.96. The lowest BCUT2D eigenvalue weighted by Gasteiger charge is -2.29. The van der Waals surface area contributed by atoms with Gasteiger partial charge in [0.2, 0.25) is 5.91 Å². The maximum atomic E-state index is 11.2. The standard InChI is InChI=1S/C9H14N4O/c1-13-7(4-5-11-13)9-6(10)2-3-8(14)12-9/h4-6,9H,2-3,10H2,1H3,(H,12,14)/t6-,9+/m1/s1. The summed E-state index contributed by atoms with van der Waals surface area (Å²) in [5.74, 6) is 0.0675. The van der Waals surface area contributed by atoms with Gasteiger partial charge < -0.3 is 11.1 Å². The predicted molar refractivity (Wildman–Crippen MR) is 51.3 cm³/mol. The van der Waals surface area contributed by atoms with Crippen LogP contribution in [-0.4, -0.2) is 21.7 Å². The van der Waals surface area contributed by atoms with Gasteiger partial charge in [0.05, 0.1) is 11.7 Å². The van der Waals surface area contributed by atoms with Crippen molar-refractivity contribution in [3.63, 3.8) is 0 Å². The molecule has 1 aliphatic rings. The molecule has 1 saturated heterocycles. The molecule has 1 aromatic rings. The number of rotatable bonds is 1. The third-order valence-corrected chi connectivity index (χ3v) is 2.63. The van der Waals surface area contributed by atoms with Crippen LogP contribution in [0.3, 0.4) is 0 Å². The monoisotopic (exact) mass is 194 g/mol. The molecule has 1 aromatic heterocycles. The first-order valence-electron chi connectivity index (χ1n) is 4.71. The molecule has 1 aliphatic heterocycles. The van der Waals surface area contributed by atoms with Gasteiger partial charge in [-0.15, -0.1) is 0 Å². The van der Waals surface area contributed by atoms with Crippen LogP contribution in [-0.2, 0) is 11.8 Å². The number of piperidine rings is 1. The van der Waals surface area contributed by atoms with Crippen LogP contribution < -0.4 is 11.1 Å². The molecule has 0 radical (unpaired) electrons. The smallest absolute Gasteiger partial charge is 0.220 e. The highest BCUT2D eigenvalue weighted by Gasteiger charge is 2.28. The molecule has 0 saturated carbocycles. The highest BCUT2D eigenvalue weighted by atomic mass is 16.1. The largest absolute Gasteiger partial charge is 0.346 e. The SMILES string of the molecule is Cn1nccc1[C@H]1NC(=O)CC[C@H]1N. The Kier molecular flexibility index (Phi) is 2.25. The van der Waals surface area contributed by atoms with Gasteiger partial charge in [-0.05, 0) is 12.5 Å². The summed E-state index contributed by atoms with van der Waals surface area (Å²) in [7, 11) is 1.85. The minimum absolute atomic E-state index is 0.0110. The highest BCUT2D eigenvalue weighted by molar-refractivity contribution is 5.77. The molecule has 14 heavy (non-hydrogen) atoms. The molecule has 1 fully saturated rings. The van der Waals surface area contributed by atoms with Crippen molar-refractivity contribution in [2.75, 3.05) is 0 Å². The van der Waals surface area contributed by atoms with Crippen molar-refractivity contribution in [1.29, 1.82) is 0 Å². The lowest BCUT2D eigenvalue weighted by Crippen LogP contribution is -2.46. The average Bonchev–Trinajstić information content (AvgIpc) is 2.56. The van der Waals surface area contributed by atoms with Gasteiger partial charge in [0, 0.05) is 25.7 Å². The van der Waals surface area contributed by atoms with Gasteiger partial charge in [0.1, 0.15) is 0 Å². The highest BCUT2D eigenvalue weighted by Crippen LogP contribution is 2.21. The first-order valence-corrected chi connectivity index (χ1v) is 4.71. The van der Waals surface area contributed by atoms with E-state index in [0.717, 1.165) is 12.1 Å². The van der Waals surface area contributed by atoms with Gasteiger partial charge in [-0.3, -0.25) is 9.48 Å². The fourth-order valence-electron chi connectivity index (χ4n) is 1.80. The van der Waals surface area contributed by atoms with Gasteiger partial charge in [0.25, 0.3) is 0 Å². The van der Waals surface area contributed by atoms with Gasteiger partial charge >= 0.3 is 0 Å². The Hall–Kier alpha value is -1.36. The number of amides is 1. The molecule has 2 heterocycles. The second-order valence-electron chi connectivity index (χ2n) is 3.63. The van der Waals surface area contributed by atoms with E-state index in [2.05, 4.69) is 10.4 Å². The van der Waals surface area contributed by atoms with E-state index in [1.807, 2.05) is 13.1 Å². The zero-order valence-corrected chi connectivity index (χ0v) is 8.10. The van der Waals surface area contributed by atoms with Crippen molar-refractivity contribution >= 4 is 5.91 Å². The summed E-state index contributed by atoms with van der Waals surface area (Å²) in [5.41, 5.74) is 6.91. The number of nitrogens with zero attached hydrogens (tertiary/aromatic N) is 2. The maximum absolute atomic E-state index is 11.2. The number of aromatic nitrogens is 2. The van der Waals surface area contributed by atoms with Crippen molar-refractivity contribution in [1.82, 2.24) is 15.1 Å². The Labute approximate surface area is 82.3 Å². The van der Waals surface area contributed by atoms with Crippen molar-refractivity contribution in [3.8, 4) is 0 Å². The van der Waals surface area contributed by atoms with E-state index in [1.165, 1.54) is 0 Å². The van der Waals surface area contributed by atoms with Crippen molar-refractivity contribution < 1.29 is 4.79 Å². The van der Waals surface area contributed by atoms with E-state index >= 15 is 0 Å². The zero-order valence-electron chi connectivity index (χ0n) is 8.10. The summed E-state index contributed by atoms with van der Waals surface area (Å²) in [6, 6.07) is 1.78. The Morgan fingerprint density at radius 2 is 2.50 bits per heavy atom. The number of nitrogens with one attached hydrogen (secondary N) is 1. The van der Waals surface area contributed by atoms with Gasteiger partial charge in [-0.2, -0.15) is 5.10 Å². The summed E-state index contributed by atoms with van der Waals surface area (Å²) in [4.78, 5) is 11.2. The molecular weight excluding hydrogens is 180 g/mol. The van der Waals surface area contributed by atoms with Gasteiger partial charge in [0.15, 0.2) is 0 Å². The second-order valence-corrected chi connectivity index (χ2v) is 3.63. The zero-order chi connectivity index (χ0) is 10.1. The Bertz CT molecular complexity index is 346. The van der Waals surface area contributed by atoms with Crippen molar-refractivity contribution in [2.45, 2.75) is 24.9 Å². The van der Waals surface area contributed by atoms with E-state index < -0.39 is 0 Å². The van der Waals surface area contributed by atoms with Crippen LogP contribution in [0.25, 0.3) is 0 Å². The van der Waals surface area contributed by atoms with Crippen LogP contribution in [0, 0.1) is 0 Å². The molecule has 5 heteroatoms. The van der Waals surface area contributed by atoms with E-state index in [9.17, 15) is 4.79 Å². The molecule has 0 bridgehead atoms.